The smallest absolute Gasteiger partial charge is 0.0849 e. The van der Waals surface area contributed by atoms with Crippen molar-refractivity contribution in [2.45, 2.75) is 6.42 Å². The molecule has 2 nitrogen and oxygen atoms in total. The number of thiol groups is 1. The van der Waals surface area contributed by atoms with Crippen LogP contribution in [-0.4, -0.2) is 11.3 Å². The van der Waals surface area contributed by atoms with E-state index >= 15 is 0 Å². The Balaban J connectivity index is 0.000000605. The highest BCUT2D eigenvalue weighted by molar-refractivity contribution is 7.97. The fourth-order valence-corrected chi connectivity index (χ4v) is 1.22. The molecule has 0 aromatic rings. The number of aliphatic imine (C=N–C) groups is 2. The Hall–Kier alpha value is -0.540. The zero-order valence-electron chi connectivity index (χ0n) is 5.69. The first-order valence-corrected chi connectivity index (χ1v) is 3.50. The largest absolute Gasteiger partial charge is 0.255 e. The average molecular weight is 187 g/mol. The minimum Gasteiger partial charge on any atom is -0.255 e. The Bertz CT molecular complexity index is 289. The van der Waals surface area contributed by atoms with Gasteiger partial charge in [0.2, 0.25) is 0 Å². The molecule has 2 aliphatic rings. The lowest BCUT2D eigenvalue weighted by molar-refractivity contribution is 1.20. The zero-order chi connectivity index (χ0) is 6.97. The molecule has 0 aliphatic carbocycles. The molecule has 4 heteroatoms. The number of fused-ring (bicyclic) bond motifs is 1. The average Bonchev–Trinajstić information content (AvgIpc) is 2.33. The lowest BCUT2D eigenvalue weighted by Gasteiger charge is -2.06. The van der Waals surface area contributed by atoms with E-state index in [0.29, 0.717) is 0 Å². The van der Waals surface area contributed by atoms with Crippen LogP contribution >= 0.6 is 25.0 Å². The SMILES string of the molecule is Cl.SC1=NC=C2N=CC=C2C1. The summed E-state index contributed by atoms with van der Waals surface area (Å²) < 4.78 is 0. The Morgan fingerprint density at radius 1 is 1.45 bits per heavy atom. The summed E-state index contributed by atoms with van der Waals surface area (Å²) in [4.78, 5) is 8.13. The van der Waals surface area contributed by atoms with Crippen LogP contribution in [-0.2, 0) is 0 Å². The van der Waals surface area contributed by atoms with Gasteiger partial charge < -0.3 is 0 Å². The van der Waals surface area contributed by atoms with Gasteiger partial charge in [-0.25, -0.2) is 0 Å². The summed E-state index contributed by atoms with van der Waals surface area (Å²) in [6.45, 7) is 0. The van der Waals surface area contributed by atoms with E-state index in [1.807, 2.05) is 6.08 Å². The van der Waals surface area contributed by atoms with Gasteiger partial charge in [0.1, 0.15) is 0 Å². The Morgan fingerprint density at radius 3 is 3.09 bits per heavy atom. The second-order valence-electron chi connectivity index (χ2n) is 2.21. The third-order valence-electron chi connectivity index (χ3n) is 1.50. The predicted molar refractivity (Wildman–Crippen MR) is 52.9 cm³/mol. The lowest BCUT2D eigenvalue weighted by atomic mass is 10.1. The van der Waals surface area contributed by atoms with Gasteiger partial charge in [-0.15, -0.1) is 25.0 Å². The first-order valence-electron chi connectivity index (χ1n) is 3.06. The number of hydrogen-bond acceptors (Lipinski definition) is 2. The van der Waals surface area contributed by atoms with Crippen molar-refractivity contribution in [1.29, 1.82) is 0 Å². The molecule has 0 N–H and O–H groups in total. The van der Waals surface area contributed by atoms with Gasteiger partial charge in [0, 0.05) is 12.6 Å². The Labute approximate surface area is 76.6 Å². The minimum absolute atomic E-state index is 0. The van der Waals surface area contributed by atoms with E-state index in [1.165, 1.54) is 5.57 Å². The predicted octanol–water partition coefficient (Wildman–Crippen LogP) is 1.99. The van der Waals surface area contributed by atoms with Crippen molar-refractivity contribution < 1.29 is 0 Å². The maximum absolute atomic E-state index is 4.15. The van der Waals surface area contributed by atoms with E-state index in [2.05, 4.69) is 22.6 Å². The third-order valence-corrected chi connectivity index (χ3v) is 1.78. The number of rotatable bonds is 0. The van der Waals surface area contributed by atoms with Crippen LogP contribution in [0.15, 0.2) is 33.5 Å². The number of allylic oxidation sites excluding steroid dienone is 2. The van der Waals surface area contributed by atoms with E-state index in [0.717, 1.165) is 17.2 Å². The Morgan fingerprint density at radius 2 is 2.27 bits per heavy atom. The number of nitrogens with zero attached hydrogens (tertiary/aromatic N) is 2. The maximum Gasteiger partial charge on any atom is 0.0849 e. The van der Waals surface area contributed by atoms with Crippen molar-refractivity contribution in [3.8, 4) is 0 Å². The molecule has 11 heavy (non-hydrogen) atoms. The molecule has 0 amide bonds. The van der Waals surface area contributed by atoms with Crippen molar-refractivity contribution >= 4 is 36.3 Å². The van der Waals surface area contributed by atoms with Gasteiger partial charge in [-0.05, 0) is 11.6 Å². The summed E-state index contributed by atoms with van der Waals surface area (Å²) in [6.07, 6.45) is 6.37. The first kappa shape index (κ1) is 8.56. The molecule has 0 radical (unpaired) electrons. The van der Waals surface area contributed by atoms with E-state index in [-0.39, 0.29) is 12.4 Å². The summed E-state index contributed by atoms with van der Waals surface area (Å²) >= 11 is 4.15. The van der Waals surface area contributed by atoms with E-state index in [4.69, 9.17) is 0 Å². The molecule has 0 saturated carbocycles. The minimum atomic E-state index is 0. The van der Waals surface area contributed by atoms with Gasteiger partial charge in [-0.2, -0.15) is 0 Å². The van der Waals surface area contributed by atoms with Gasteiger partial charge >= 0.3 is 0 Å². The van der Waals surface area contributed by atoms with Gasteiger partial charge in [-0.3, -0.25) is 9.98 Å². The van der Waals surface area contributed by atoms with Crippen LogP contribution in [0, 0.1) is 0 Å². The zero-order valence-corrected chi connectivity index (χ0v) is 7.40. The van der Waals surface area contributed by atoms with E-state index < -0.39 is 0 Å². The summed E-state index contributed by atoms with van der Waals surface area (Å²) in [5, 5.41) is 0.862. The van der Waals surface area contributed by atoms with Gasteiger partial charge in [-0.1, -0.05) is 0 Å². The van der Waals surface area contributed by atoms with Crippen LogP contribution < -0.4 is 0 Å². The molecule has 0 fully saturated rings. The fraction of sp³-hybridized carbons (Fsp3) is 0.143. The monoisotopic (exact) mass is 186 g/mol. The van der Waals surface area contributed by atoms with E-state index in [9.17, 15) is 0 Å². The molecule has 0 atom stereocenters. The summed E-state index contributed by atoms with van der Waals surface area (Å²) in [5.74, 6) is 0. The van der Waals surface area contributed by atoms with Gasteiger partial charge in [0.25, 0.3) is 0 Å². The second kappa shape index (κ2) is 3.24. The molecule has 0 aromatic carbocycles. The molecule has 0 unspecified atom stereocenters. The Kier molecular flexibility index (Phi) is 2.52. The van der Waals surface area contributed by atoms with Crippen LogP contribution in [0.3, 0.4) is 0 Å². The van der Waals surface area contributed by atoms with Crippen molar-refractivity contribution in [1.82, 2.24) is 0 Å². The molecule has 2 aliphatic heterocycles. The molecular weight excluding hydrogens is 180 g/mol. The van der Waals surface area contributed by atoms with E-state index in [1.54, 1.807) is 12.4 Å². The summed E-state index contributed by atoms with van der Waals surface area (Å²) in [5.41, 5.74) is 2.21. The molecule has 2 rings (SSSR count). The first-order chi connectivity index (χ1) is 4.86. The highest BCUT2D eigenvalue weighted by Gasteiger charge is 2.12. The second-order valence-corrected chi connectivity index (χ2v) is 2.72. The van der Waals surface area contributed by atoms with Crippen LogP contribution in [0.4, 0.5) is 0 Å². The van der Waals surface area contributed by atoms with Gasteiger partial charge in [0.15, 0.2) is 0 Å². The van der Waals surface area contributed by atoms with Crippen LogP contribution in [0.2, 0.25) is 0 Å². The number of halogens is 1. The lowest BCUT2D eigenvalue weighted by Crippen LogP contribution is -1.96. The van der Waals surface area contributed by atoms with Crippen molar-refractivity contribution in [2.75, 3.05) is 0 Å². The number of hydrogen-bond donors (Lipinski definition) is 1. The quantitative estimate of drug-likeness (QED) is 0.560. The highest BCUT2D eigenvalue weighted by atomic mass is 35.5. The molecular formula is C7H7ClN2S. The third kappa shape index (κ3) is 1.54. The maximum atomic E-state index is 4.15. The topological polar surface area (TPSA) is 24.7 Å². The molecule has 0 spiro atoms. The van der Waals surface area contributed by atoms with Crippen molar-refractivity contribution in [3.05, 3.63) is 23.5 Å². The van der Waals surface area contributed by atoms with Crippen molar-refractivity contribution in [3.63, 3.8) is 0 Å². The normalized spacial score (nSPS) is 19.5. The molecule has 0 bridgehead atoms. The van der Waals surface area contributed by atoms with Crippen LogP contribution in [0.5, 0.6) is 0 Å². The van der Waals surface area contributed by atoms with Crippen LogP contribution in [0.25, 0.3) is 0 Å². The molecule has 0 saturated heterocycles. The highest BCUT2D eigenvalue weighted by Crippen LogP contribution is 2.24. The summed E-state index contributed by atoms with van der Waals surface area (Å²) in [6, 6.07) is 0. The fourth-order valence-electron chi connectivity index (χ4n) is 0.993. The molecule has 0 aromatic heterocycles. The van der Waals surface area contributed by atoms with Crippen molar-refractivity contribution in [2.24, 2.45) is 9.98 Å². The standard InChI is InChI=1S/C7H6N2S.ClH/c10-7-3-5-1-2-8-6(5)4-9-7;/h1-2,4H,3H2,(H,9,10);1H. The molecule has 2 heterocycles. The van der Waals surface area contributed by atoms with Gasteiger partial charge in [0.05, 0.1) is 16.9 Å². The summed E-state index contributed by atoms with van der Waals surface area (Å²) in [7, 11) is 0. The molecule has 58 valence electrons. The van der Waals surface area contributed by atoms with Crippen LogP contribution in [0.1, 0.15) is 6.42 Å².